The molecule has 2 fully saturated rings. The van der Waals surface area contributed by atoms with Crippen molar-refractivity contribution in [2.24, 2.45) is 11.3 Å². The molecule has 2 aliphatic rings. The minimum absolute atomic E-state index is 0.131. The summed E-state index contributed by atoms with van der Waals surface area (Å²) < 4.78 is 30.7. The Labute approximate surface area is 110 Å². The lowest BCUT2D eigenvalue weighted by Crippen LogP contribution is -2.40. The second kappa shape index (κ2) is 5.07. The van der Waals surface area contributed by atoms with Crippen LogP contribution in [0.3, 0.4) is 0 Å². The number of rotatable bonds is 3. The van der Waals surface area contributed by atoms with Crippen LogP contribution in [-0.2, 0) is 14.8 Å². The van der Waals surface area contributed by atoms with Gasteiger partial charge in [-0.25, -0.2) is 12.7 Å². The zero-order chi connectivity index (χ0) is 13.4. The highest BCUT2D eigenvalue weighted by Crippen LogP contribution is 2.45. The van der Waals surface area contributed by atoms with E-state index in [1.54, 1.807) is 4.31 Å². The van der Waals surface area contributed by atoms with Crippen LogP contribution in [0.5, 0.6) is 0 Å². The third-order valence-corrected chi connectivity index (χ3v) is 5.54. The van der Waals surface area contributed by atoms with Crippen LogP contribution in [0.25, 0.3) is 0 Å². The van der Waals surface area contributed by atoms with Gasteiger partial charge in [0.05, 0.1) is 6.26 Å². The van der Waals surface area contributed by atoms with Gasteiger partial charge in [-0.05, 0) is 38.3 Å². The predicted molar refractivity (Wildman–Crippen MR) is 70.9 cm³/mol. The lowest BCUT2D eigenvalue weighted by molar-refractivity contribution is -0.00332. The van der Waals surface area contributed by atoms with Crippen molar-refractivity contribution in [3.63, 3.8) is 0 Å². The fourth-order valence-corrected chi connectivity index (χ4v) is 4.22. The van der Waals surface area contributed by atoms with Crippen LogP contribution in [-0.4, -0.2) is 70.8 Å². The quantitative estimate of drug-likeness (QED) is 0.741. The number of sulfonamides is 1. The molecule has 0 saturated carbocycles. The zero-order valence-electron chi connectivity index (χ0n) is 11.6. The van der Waals surface area contributed by atoms with Gasteiger partial charge in [0.25, 0.3) is 0 Å². The fourth-order valence-electron chi connectivity index (χ4n) is 3.27. The molecule has 18 heavy (non-hydrogen) atoms. The maximum absolute atomic E-state index is 11.8. The Balaban J connectivity index is 2.19. The Morgan fingerprint density at radius 1 is 1.33 bits per heavy atom. The van der Waals surface area contributed by atoms with E-state index in [0.29, 0.717) is 19.0 Å². The van der Waals surface area contributed by atoms with E-state index >= 15 is 0 Å². The average molecular weight is 276 g/mol. The first-order chi connectivity index (χ1) is 8.33. The molecule has 2 aliphatic heterocycles. The summed E-state index contributed by atoms with van der Waals surface area (Å²) in [5.74, 6) is 0.422. The Morgan fingerprint density at radius 2 is 1.94 bits per heavy atom. The molecule has 0 amide bonds. The largest absolute Gasteiger partial charge is 0.381 e. The van der Waals surface area contributed by atoms with Crippen LogP contribution in [0.2, 0.25) is 0 Å². The van der Waals surface area contributed by atoms with E-state index in [4.69, 9.17) is 4.74 Å². The molecule has 1 spiro atoms. The van der Waals surface area contributed by atoms with E-state index < -0.39 is 10.0 Å². The van der Waals surface area contributed by atoms with Gasteiger partial charge in [-0.2, -0.15) is 0 Å². The molecule has 0 bridgehead atoms. The topological polar surface area (TPSA) is 49.9 Å². The van der Waals surface area contributed by atoms with Crippen molar-refractivity contribution in [3.05, 3.63) is 0 Å². The first kappa shape index (κ1) is 14.2. The summed E-state index contributed by atoms with van der Waals surface area (Å²) in [5.41, 5.74) is 0.131. The number of nitrogens with zero attached hydrogens (tertiary/aromatic N) is 2. The van der Waals surface area contributed by atoms with Gasteiger partial charge >= 0.3 is 0 Å². The Kier molecular flexibility index (Phi) is 4.02. The number of hydrogen-bond acceptors (Lipinski definition) is 4. The van der Waals surface area contributed by atoms with Gasteiger partial charge in [0.15, 0.2) is 0 Å². The minimum Gasteiger partial charge on any atom is -0.381 e. The summed E-state index contributed by atoms with van der Waals surface area (Å²) in [6.07, 6.45) is 3.28. The van der Waals surface area contributed by atoms with Gasteiger partial charge in [0.2, 0.25) is 10.0 Å². The Morgan fingerprint density at radius 3 is 2.44 bits per heavy atom. The molecule has 5 nitrogen and oxygen atoms in total. The monoisotopic (exact) mass is 276 g/mol. The fraction of sp³-hybridized carbons (Fsp3) is 1.00. The molecule has 6 heteroatoms. The lowest BCUT2D eigenvalue weighted by Gasteiger charge is -2.39. The Hall–Kier alpha value is -0.170. The molecule has 2 heterocycles. The third kappa shape index (κ3) is 2.87. The minimum atomic E-state index is -3.07. The van der Waals surface area contributed by atoms with Crippen molar-refractivity contribution in [3.8, 4) is 0 Å². The third-order valence-electron chi connectivity index (χ3n) is 4.32. The maximum atomic E-state index is 11.8. The first-order valence-corrected chi connectivity index (χ1v) is 8.36. The van der Waals surface area contributed by atoms with E-state index in [9.17, 15) is 8.42 Å². The second-order valence-electron chi connectivity index (χ2n) is 5.99. The van der Waals surface area contributed by atoms with E-state index in [2.05, 4.69) is 19.0 Å². The molecule has 106 valence electrons. The molecule has 0 aliphatic carbocycles. The van der Waals surface area contributed by atoms with Gasteiger partial charge < -0.3 is 9.64 Å². The standard InChI is InChI=1S/C12H24N2O3S/c1-13(2)8-11-9-14(18(3,15)16)10-12(11)4-6-17-7-5-12/h11H,4-10H2,1-3H3/t11-/m1/s1. The van der Waals surface area contributed by atoms with E-state index in [1.807, 2.05) is 0 Å². The summed E-state index contributed by atoms with van der Waals surface area (Å²) in [6.45, 7) is 3.82. The predicted octanol–water partition coefficient (Wildman–Crippen LogP) is 0.236. The summed E-state index contributed by atoms with van der Waals surface area (Å²) in [7, 11) is 1.03. The zero-order valence-corrected chi connectivity index (χ0v) is 12.4. The van der Waals surface area contributed by atoms with Crippen LogP contribution in [0.15, 0.2) is 0 Å². The molecule has 0 unspecified atom stereocenters. The normalized spacial score (nSPS) is 29.2. The molecule has 0 aromatic rings. The highest BCUT2D eigenvalue weighted by Gasteiger charge is 2.49. The Bertz CT molecular complexity index is 388. The molecule has 1 atom stereocenters. The van der Waals surface area contributed by atoms with Crippen molar-refractivity contribution < 1.29 is 13.2 Å². The van der Waals surface area contributed by atoms with Crippen molar-refractivity contribution in [1.82, 2.24) is 9.21 Å². The van der Waals surface area contributed by atoms with Crippen LogP contribution >= 0.6 is 0 Å². The van der Waals surface area contributed by atoms with Gasteiger partial charge in [0.1, 0.15) is 0 Å². The van der Waals surface area contributed by atoms with Crippen LogP contribution in [0.1, 0.15) is 12.8 Å². The van der Waals surface area contributed by atoms with E-state index in [1.165, 1.54) is 6.26 Å². The SMILES string of the molecule is CN(C)C[C@@H]1CN(S(C)(=O)=O)CC12CCOCC2. The van der Waals surface area contributed by atoms with Gasteiger partial charge in [-0.1, -0.05) is 0 Å². The van der Waals surface area contributed by atoms with Crippen LogP contribution in [0.4, 0.5) is 0 Å². The molecule has 2 rings (SSSR count). The molecule has 2 saturated heterocycles. The van der Waals surface area contributed by atoms with Crippen LogP contribution < -0.4 is 0 Å². The number of ether oxygens (including phenoxy) is 1. The highest BCUT2D eigenvalue weighted by molar-refractivity contribution is 7.88. The number of hydrogen-bond donors (Lipinski definition) is 0. The first-order valence-electron chi connectivity index (χ1n) is 6.51. The van der Waals surface area contributed by atoms with Crippen LogP contribution in [0, 0.1) is 11.3 Å². The summed E-state index contributed by atoms with van der Waals surface area (Å²) in [5, 5.41) is 0. The van der Waals surface area contributed by atoms with Gasteiger partial charge in [-0.15, -0.1) is 0 Å². The highest BCUT2D eigenvalue weighted by atomic mass is 32.2. The maximum Gasteiger partial charge on any atom is 0.211 e. The van der Waals surface area contributed by atoms with E-state index in [-0.39, 0.29) is 5.41 Å². The summed E-state index contributed by atoms with van der Waals surface area (Å²) >= 11 is 0. The average Bonchev–Trinajstić information content (AvgIpc) is 2.58. The molecule has 0 aromatic carbocycles. The van der Waals surface area contributed by atoms with E-state index in [0.717, 1.165) is 32.6 Å². The van der Waals surface area contributed by atoms with Crippen molar-refractivity contribution >= 4 is 10.0 Å². The van der Waals surface area contributed by atoms with Gasteiger partial charge in [-0.3, -0.25) is 0 Å². The summed E-state index contributed by atoms with van der Waals surface area (Å²) in [6, 6.07) is 0. The van der Waals surface area contributed by atoms with Crippen molar-refractivity contribution in [1.29, 1.82) is 0 Å². The smallest absolute Gasteiger partial charge is 0.211 e. The van der Waals surface area contributed by atoms with Gasteiger partial charge in [0, 0.05) is 32.8 Å². The van der Waals surface area contributed by atoms with Crippen molar-refractivity contribution in [2.75, 3.05) is 53.2 Å². The molecule has 0 N–H and O–H groups in total. The summed E-state index contributed by atoms with van der Waals surface area (Å²) in [4.78, 5) is 2.16. The molecular formula is C12H24N2O3S. The molecule has 0 radical (unpaired) electrons. The molecule has 0 aromatic heterocycles. The van der Waals surface area contributed by atoms with Crippen molar-refractivity contribution in [2.45, 2.75) is 12.8 Å². The molecular weight excluding hydrogens is 252 g/mol. The lowest BCUT2D eigenvalue weighted by atomic mass is 9.72. The second-order valence-corrected chi connectivity index (χ2v) is 7.97.